The van der Waals surface area contributed by atoms with Crippen molar-refractivity contribution in [2.75, 3.05) is 32.5 Å². The minimum atomic E-state index is -4.11. The first-order chi connectivity index (χ1) is 20.5. The molecule has 0 bridgehead atoms. The fourth-order valence-electron chi connectivity index (χ4n) is 6.07. The SMILES string of the molecule is CC(C)(C)OC(=O)NC(C)(C)C(=O)N[C@H](COCc1ccccc1)C(=O)[N+]1(S(C)(=O)=O)CC2(CCNCC2)c2ccccc21. The van der Waals surface area contributed by atoms with Gasteiger partial charge >= 0.3 is 22.0 Å². The van der Waals surface area contributed by atoms with E-state index in [2.05, 4.69) is 16.0 Å². The van der Waals surface area contributed by atoms with E-state index in [1.807, 2.05) is 42.5 Å². The molecule has 2 heterocycles. The number of fused-ring (bicyclic) bond motifs is 2. The number of sulfonamides is 1. The zero-order valence-electron chi connectivity index (χ0n) is 26.4. The third-order valence-corrected chi connectivity index (χ3v) is 9.89. The summed E-state index contributed by atoms with van der Waals surface area (Å²) in [5.41, 5.74) is -0.741. The van der Waals surface area contributed by atoms with Crippen LogP contribution in [-0.2, 0) is 41.1 Å². The highest BCUT2D eigenvalue weighted by atomic mass is 32.2. The monoisotopic (exact) mass is 629 g/mol. The summed E-state index contributed by atoms with van der Waals surface area (Å²) < 4.78 is 38.0. The van der Waals surface area contributed by atoms with Crippen LogP contribution < -0.4 is 19.8 Å². The van der Waals surface area contributed by atoms with Gasteiger partial charge in [0.05, 0.1) is 24.9 Å². The van der Waals surface area contributed by atoms with Crippen LogP contribution in [0.15, 0.2) is 54.6 Å². The molecule has 2 aromatic rings. The first-order valence-electron chi connectivity index (χ1n) is 14.9. The van der Waals surface area contributed by atoms with Gasteiger partial charge in [-0.25, -0.2) is 9.59 Å². The van der Waals surface area contributed by atoms with Gasteiger partial charge in [-0.05, 0) is 66.1 Å². The van der Waals surface area contributed by atoms with Crippen molar-refractivity contribution in [2.24, 2.45) is 0 Å². The zero-order valence-corrected chi connectivity index (χ0v) is 27.3. The molecule has 1 fully saturated rings. The second-order valence-electron chi connectivity index (χ2n) is 13.3. The number of nitrogens with one attached hydrogen (secondary N) is 3. The van der Waals surface area contributed by atoms with Crippen LogP contribution in [0.1, 0.15) is 58.6 Å². The third kappa shape index (κ3) is 6.98. The molecule has 4 rings (SSSR count). The molecule has 44 heavy (non-hydrogen) atoms. The summed E-state index contributed by atoms with van der Waals surface area (Å²) in [5.74, 6) is -1.41. The molecule has 1 spiro atoms. The van der Waals surface area contributed by atoms with Crippen LogP contribution in [0.2, 0.25) is 0 Å². The van der Waals surface area contributed by atoms with E-state index in [1.165, 1.54) is 13.8 Å². The van der Waals surface area contributed by atoms with Crippen molar-refractivity contribution in [1.82, 2.24) is 19.8 Å². The smallest absolute Gasteiger partial charge is 0.408 e. The van der Waals surface area contributed by atoms with E-state index in [4.69, 9.17) is 9.47 Å². The maximum absolute atomic E-state index is 14.8. The number of piperidine rings is 1. The van der Waals surface area contributed by atoms with Crippen molar-refractivity contribution < 1.29 is 32.3 Å². The number of hydrogen-bond acceptors (Lipinski definition) is 8. The number of hydrogen-bond donors (Lipinski definition) is 3. The lowest BCUT2D eigenvalue weighted by Crippen LogP contribution is -2.68. The van der Waals surface area contributed by atoms with Crippen LogP contribution in [0, 0.1) is 0 Å². The van der Waals surface area contributed by atoms with Crippen molar-refractivity contribution in [3.63, 3.8) is 0 Å². The largest absolute Gasteiger partial charge is 0.444 e. The predicted molar refractivity (Wildman–Crippen MR) is 168 cm³/mol. The molecule has 2 aliphatic rings. The van der Waals surface area contributed by atoms with Crippen molar-refractivity contribution >= 4 is 33.6 Å². The average molecular weight is 630 g/mol. The van der Waals surface area contributed by atoms with E-state index in [9.17, 15) is 22.8 Å². The Balaban J connectivity index is 1.70. The molecule has 2 aliphatic heterocycles. The second kappa shape index (κ2) is 12.6. The number of para-hydroxylation sites is 1. The molecule has 1 unspecified atom stereocenters. The quantitative estimate of drug-likeness (QED) is 0.360. The van der Waals surface area contributed by atoms with E-state index in [-0.39, 0.29) is 19.8 Å². The first kappa shape index (κ1) is 33.6. The fourth-order valence-corrected chi connectivity index (χ4v) is 7.52. The number of carbonyl (C=O) groups excluding carboxylic acids is 3. The number of alkyl carbamates (subject to hydrolysis) is 1. The zero-order chi connectivity index (χ0) is 32.4. The van der Waals surface area contributed by atoms with E-state index in [0.29, 0.717) is 31.6 Å². The Labute approximate surface area is 260 Å². The number of amides is 3. The van der Waals surface area contributed by atoms with Crippen LogP contribution in [0.5, 0.6) is 0 Å². The summed E-state index contributed by atoms with van der Waals surface area (Å²) in [6, 6.07) is 15.2. The Hall–Kier alpha value is -3.32. The van der Waals surface area contributed by atoms with Gasteiger partial charge < -0.3 is 25.4 Å². The predicted octanol–water partition coefficient (Wildman–Crippen LogP) is 3.12. The molecular weight excluding hydrogens is 584 g/mol. The average Bonchev–Trinajstić information content (AvgIpc) is 3.22. The number of ether oxygens (including phenoxy) is 2. The van der Waals surface area contributed by atoms with Crippen molar-refractivity contribution in [1.29, 1.82) is 0 Å². The third-order valence-electron chi connectivity index (χ3n) is 8.25. The molecule has 0 aromatic heterocycles. The van der Waals surface area contributed by atoms with Gasteiger partial charge in [0.25, 0.3) is 0 Å². The minimum absolute atomic E-state index is 0.0241. The van der Waals surface area contributed by atoms with Gasteiger partial charge in [0.1, 0.15) is 17.7 Å². The Morgan fingerprint density at radius 2 is 1.59 bits per heavy atom. The van der Waals surface area contributed by atoms with Gasteiger partial charge in [-0.2, -0.15) is 8.42 Å². The first-order valence-corrected chi connectivity index (χ1v) is 16.7. The normalized spacial score (nSPS) is 20.4. The second-order valence-corrected chi connectivity index (χ2v) is 15.4. The molecule has 1 saturated heterocycles. The Kier molecular flexibility index (Phi) is 9.60. The molecule has 3 N–H and O–H groups in total. The summed E-state index contributed by atoms with van der Waals surface area (Å²) in [5, 5.41) is 8.62. The Morgan fingerprint density at radius 3 is 2.20 bits per heavy atom. The number of rotatable bonds is 9. The van der Waals surface area contributed by atoms with Crippen LogP contribution in [0.3, 0.4) is 0 Å². The number of carbonyl (C=O) groups is 3. The number of quaternary nitrogens is 1. The molecule has 240 valence electrons. The molecule has 12 heteroatoms. The molecule has 11 nitrogen and oxygen atoms in total. The highest BCUT2D eigenvalue weighted by Crippen LogP contribution is 2.51. The summed E-state index contributed by atoms with van der Waals surface area (Å²) in [4.78, 5) is 41.0. The summed E-state index contributed by atoms with van der Waals surface area (Å²) >= 11 is 0. The molecule has 0 saturated carbocycles. The van der Waals surface area contributed by atoms with Gasteiger partial charge in [-0.3, -0.25) is 4.79 Å². The highest BCUT2D eigenvalue weighted by molar-refractivity contribution is 7.90. The van der Waals surface area contributed by atoms with E-state index >= 15 is 0 Å². The molecule has 0 radical (unpaired) electrons. The minimum Gasteiger partial charge on any atom is -0.444 e. The maximum atomic E-state index is 14.8. The number of benzene rings is 2. The van der Waals surface area contributed by atoms with Crippen molar-refractivity contribution in [2.45, 2.75) is 76.7 Å². The van der Waals surface area contributed by atoms with E-state index in [0.717, 1.165) is 17.4 Å². The molecule has 3 amide bonds. The Morgan fingerprint density at radius 1 is 0.977 bits per heavy atom. The van der Waals surface area contributed by atoms with Crippen molar-refractivity contribution in [3.05, 3.63) is 65.7 Å². The maximum Gasteiger partial charge on any atom is 0.408 e. The lowest BCUT2D eigenvalue weighted by Gasteiger charge is -2.37. The fraction of sp³-hybridized carbons (Fsp3) is 0.531. The van der Waals surface area contributed by atoms with Gasteiger partial charge in [-0.15, -0.1) is 3.89 Å². The standard InChI is InChI=1S/C32H44N4O7S/c1-30(2,3)43-29(39)35-31(4,5)28(38)34-25(21-42-20-23-12-8-7-9-13-23)27(37)36(44(6,40)41)22-32(16-18-33-19-17-32)24-14-10-11-15-26(24)36/h7-15,25,33H,16-22H2,1-6H3,(H-,34,35,38,39)/p+1/t25-,36?/m1/s1. The van der Waals surface area contributed by atoms with Gasteiger partial charge in [0, 0.05) is 11.6 Å². The van der Waals surface area contributed by atoms with Gasteiger partial charge in [0.15, 0.2) is 11.7 Å². The van der Waals surface area contributed by atoms with Gasteiger partial charge in [-0.1, -0.05) is 48.5 Å². The summed E-state index contributed by atoms with van der Waals surface area (Å²) in [7, 11) is -4.11. The summed E-state index contributed by atoms with van der Waals surface area (Å²) in [6.45, 7) is 9.34. The van der Waals surface area contributed by atoms with Crippen molar-refractivity contribution in [3.8, 4) is 0 Å². The van der Waals surface area contributed by atoms with E-state index in [1.54, 1.807) is 32.9 Å². The lowest BCUT2D eigenvalue weighted by molar-refractivity contribution is -0.136. The van der Waals surface area contributed by atoms with Crippen LogP contribution >= 0.6 is 0 Å². The highest BCUT2D eigenvalue weighted by Gasteiger charge is 2.64. The topological polar surface area (TPSA) is 140 Å². The van der Waals surface area contributed by atoms with Crippen LogP contribution in [-0.4, -0.2) is 76.0 Å². The van der Waals surface area contributed by atoms with Crippen LogP contribution in [0.25, 0.3) is 0 Å². The number of nitrogens with zero attached hydrogens (tertiary/aromatic N) is 1. The Bertz CT molecular complexity index is 1480. The van der Waals surface area contributed by atoms with Crippen LogP contribution in [0.4, 0.5) is 10.5 Å². The molecular formula is C32H45N4O7S+. The molecule has 2 aromatic carbocycles. The lowest BCUT2D eigenvalue weighted by atomic mass is 9.75. The van der Waals surface area contributed by atoms with Gasteiger partial charge in [0.2, 0.25) is 5.91 Å². The van der Waals surface area contributed by atoms with E-state index < -0.39 is 54.4 Å². The summed E-state index contributed by atoms with van der Waals surface area (Å²) in [6.07, 6.45) is 1.60. The molecule has 0 aliphatic carbocycles. The molecule has 2 atom stereocenters.